The van der Waals surface area contributed by atoms with Crippen molar-refractivity contribution in [3.63, 3.8) is 0 Å². The number of carbonyl (C=O) groups is 1. The lowest BCUT2D eigenvalue weighted by Gasteiger charge is -2.26. The van der Waals surface area contributed by atoms with Gasteiger partial charge < -0.3 is 10.1 Å². The van der Waals surface area contributed by atoms with E-state index in [4.69, 9.17) is 4.74 Å². The number of benzene rings is 1. The second-order valence-corrected chi connectivity index (χ2v) is 6.26. The van der Waals surface area contributed by atoms with Gasteiger partial charge in [0.15, 0.2) is 0 Å². The second kappa shape index (κ2) is 8.77. The Balaban J connectivity index is 1.82. The van der Waals surface area contributed by atoms with E-state index in [9.17, 15) is 9.59 Å². The van der Waals surface area contributed by atoms with Crippen LogP contribution in [-0.4, -0.2) is 65.1 Å². The minimum atomic E-state index is -0.313. The van der Waals surface area contributed by atoms with Crippen LogP contribution in [0.25, 0.3) is 5.69 Å². The Morgan fingerprint density at radius 2 is 1.92 bits per heavy atom. The molecule has 140 valence electrons. The number of aryl methyl sites for hydroxylation is 1. The highest BCUT2D eigenvalue weighted by Crippen LogP contribution is 2.09. The number of para-hydroxylation sites is 1. The van der Waals surface area contributed by atoms with Gasteiger partial charge in [0.25, 0.3) is 0 Å². The zero-order chi connectivity index (χ0) is 18.4. The first-order valence-electron chi connectivity index (χ1n) is 8.93. The number of aromatic nitrogens is 3. The predicted octanol–water partition coefficient (Wildman–Crippen LogP) is 0.0448. The number of rotatable bonds is 7. The minimum absolute atomic E-state index is 0.175. The number of hydrogen-bond acceptors (Lipinski definition) is 6. The Hall–Kier alpha value is -2.45. The molecular formula is C18H25N5O3. The molecular weight excluding hydrogens is 334 g/mol. The Bertz CT molecular complexity index is 778. The number of carbonyl (C=O) groups excluding carboxylic acids is 1. The van der Waals surface area contributed by atoms with E-state index in [0.29, 0.717) is 18.8 Å². The van der Waals surface area contributed by atoms with E-state index in [1.807, 2.05) is 30.3 Å². The molecule has 0 bridgehead atoms. The van der Waals surface area contributed by atoms with Crippen molar-refractivity contribution in [1.29, 1.82) is 0 Å². The summed E-state index contributed by atoms with van der Waals surface area (Å²) in [5.74, 6) is 0.263. The summed E-state index contributed by atoms with van der Waals surface area (Å²) >= 11 is 0. The molecule has 0 aliphatic carbocycles. The fraction of sp³-hybridized carbons (Fsp3) is 0.500. The van der Waals surface area contributed by atoms with Crippen LogP contribution >= 0.6 is 0 Å². The molecule has 0 amide bonds. The maximum Gasteiger partial charge on any atom is 0.350 e. The van der Waals surface area contributed by atoms with Gasteiger partial charge in [-0.25, -0.2) is 14.0 Å². The molecule has 1 saturated heterocycles. The molecule has 0 saturated carbocycles. The molecule has 0 radical (unpaired) electrons. The highest BCUT2D eigenvalue weighted by molar-refractivity contribution is 5.69. The Morgan fingerprint density at radius 1 is 1.19 bits per heavy atom. The molecule has 26 heavy (non-hydrogen) atoms. The summed E-state index contributed by atoms with van der Waals surface area (Å²) < 4.78 is 7.79. The highest BCUT2D eigenvalue weighted by atomic mass is 16.5. The summed E-state index contributed by atoms with van der Waals surface area (Å²) in [6.45, 7) is 5.20. The van der Waals surface area contributed by atoms with Gasteiger partial charge in [0.2, 0.25) is 0 Å². The maximum absolute atomic E-state index is 12.9. The van der Waals surface area contributed by atoms with Crippen molar-refractivity contribution in [2.45, 2.75) is 19.4 Å². The third-order valence-corrected chi connectivity index (χ3v) is 4.54. The van der Waals surface area contributed by atoms with Crippen LogP contribution in [0.5, 0.6) is 0 Å². The lowest BCUT2D eigenvalue weighted by molar-refractivity contribution is -0.140. The number of nitrogens with one attached hydrogen (secondary N) is 1. The van der Waals surface area contributed by atoms with Crippen LogP contribution in [0.15, 0.2) is 35.1 Å². The normalized spacial score (nSPS) is 15.1. The predicted molar refractivity (Wildman–Crippen MR) is 97.5 cm³/mol. The number of ether oxygens (including phenoxy) is 1. The molecule has 1 aliphatic rings. The van der Waals surface area contributed by atoms with Gasteiger partial charge in [-0.3, -0.25) is 9.69 Å². The molecule has 8 nitrogen and oxygen atoms in total. The average molecular weight is 359 g/mol. The average Bonchev–Trinajstić information content (AvgIpc) is 3.01. The summed E-state index contributed by atoms with van der Waals surface area (Å²) in [7, 11) is 1.36. The van der Waals surface area contributed by atoms with Gasteiger partial charge in [-0.15, -0.1) is 0 Å². The van der Waals surface area contributed by atoms with E-state index >= 15 is 0 Å². The fourth-order valence-electron chi connectivity index (χ4n) is 3.08. The summed E-state index contributed by atoms with van der Waals surface area (Å²) in [6.07, 6.45) is 0.551. The van der Waals surface area contributed by atoms with Crippen LogP contribution in [0.2, 0.25) is 0 Å². The van der Waals surface area contributed by atoms with Crippen molar-refractivity contribution < 1.29 is 9.53 Å². The molecule has 1 aromatic carbocycles. The number of piperazine rings is 1. The van der Waals surface area contributed by atoms with E-state index in [2.05, 4.69) is 15.3 Å². The number of hydrogen-bond donors (Lipinski definition) is 1. The summed E-state index contributed by atoms with van der Waals surface area (Å²) in [5, 5.41) is 7.81. The lowest BCUT2D eigenvalue weighted by Crippen LogP contribution is -2.45. The van der Waals surface area contributed by atoms with Crippen molar-refractivity contribution in [2.75, 3.05) is 39.8 Å². The SMILES string of the molecule is COC(=O)CCc1nn(CCN2CCNCC2)c(=O)n1-c1ccccc1. The van der Waals surface area contributed by atoms with Gasteiger partial charge in [-0.2, -0.15) is 5.10 Å². The highest BCUT2D eigenvalue weighted by Gasteiger charge is 2.17. The van der Waals surface area contributed by atoms with Crippen LogP contribution in [-0.2, 0) is 22.5 Å². The monoisotopic (exact) mass is 359 g/mol. The van der Waals surface area contributed by atoms with Crippen molar-refractivity contribution in [2.24, 2.45) is 0 Å². The van der Waals surface area contributed by atoms with Gasteiger partial charge in [-0.05, 0) is 12.1 Å². The maximum atomic E-state index is 12.9. The number of esters is 1. The fourth-order valence-corrected chi connectivity index (χ4v) is 3.08. The minimum Gasteiger partial charge on any atom is -0.469 e. The molecule has 0 unspecified atom stereocenters. The van der Waals surface area contributed by atoms with Crippen LogP contribution < -0.4 is 11.0 Å². The molecule has 1 fully saturated rings. The first kappa shape index (κ1) is 18.3. The second-order valence-electron chi connectivity index (χ2n) is 6.26. The molecule has 8 heteroatoms. The van der Waals surface area contributed by atoms with Gasteiger partial charge in [0, 0.05) is 39.1 Å². The van der Waals surface area contributed by atoms with Gasteiger partial charge >= 0.3 is 11.7 Å². The van der Waals surface area contributed by atoms with E-state index in [0.717, 1.165) is 38.4 Å². The molecule has 1 aliphatic heterocycles. The van der Waals surface area contributed by atoms with Crippen molar-refractivity contribution >= 4 is 5.97 Å². The van der Waals surface area contributed by atoms with Crippen LogP contribution in [0.4, 0.5) is 0 Å². The largest absolute Gasteiger partial charge is 0.469 e. The van der Waals surface area contributed by atoms with Crippen molar-refractivity contribution in [3.8, 4) is 5.69 Å². The summed E-state index contributed by atoms with van der Waals surface area (Å²) in [5.41, 5.74) is 0.581. The van der Waals surface area contributed by atoms with Gasteiger partial charge in [0.1, 0.15) is 5.82 Å². The third kappa shape index (κ3) is 4.39. The summed E-state index contributed by atoms with van der Waals surface area (Å²) in [4.78, 5) is 26.7. The molecule has 1 N–H and O–H groups in total. The molecule has 2 aromatic rings. The van der Waals surface area contributed by atoms with Gasteiger partial charge in [-0.1, -0.05) is 18.2 Å². The zero-order valence-corrected chi connectivity index (χ0v) is 15.1. The quantitative estimate of drug-likeness (QED) is 0.704. The van der Waals surface area contributed by atoms with E-state index in [-0.39, 0.29) is 18.1 Å². The van der Waals surface area contributed by atoms with Gasteiger partial charge in [0.05, 0.1) is 25.8 Å². The van der Waals surface area contributed by atoms with Crippen LogP contribution in [0, 0.1) is 0 Å². The smallest absolute Gasteiger partial charge is 0.350 e. The molecule has 3 rings (SSSR count). The third-order valence-electron chi connectivity index (χ3n) is 4.54. The summed E-state index contributed by atoms with van der Waals surface area (Å²) in [6, 6.07) is 9.39. The van der Waals surface area contributed by atoms with Crippen molar-refractivity contribution in [1.82, 2.24) is 24.6 Å². The van der Waals surface area contributed by atoms with E-state index < -0.39 is 0 Å². The topological polar surface area (TPSA) is 81.4 Å². The molecule has 1 aromatic heterocycles. The number of methoxy groups -OCH3 is 1. The van der Waals surface area contributed by atoms with E-state index in [1.54, 1.807) is 4.57 Å². The molecule has 0 spiro atoms. The standard InChI is InChI=1S/C18H25N5O3/c1-26-17(24)8-7-16-20-22(14-13-21-11-9-19-10-12-21)18(25)23(16)15-5-3-2-4-6-15/h2-6,19H,7-14H2,1H3. The molecule has 2 heterocycles. The van der Waals surface area contributed by atoms with Crippen molar-refractivity contribution in [3.05, 3.63) is 46.6 Å². The van der Waals surface area contributed by atoms with Crippen LogP contribution in [0.1, 0.15) is 12.2 Å². The first-order valence-corrected chi connectivity index (χ1v) is 8.93. The Kier molecular flexibility index (Phi) is 6.19. The Labute approximate surface area is 152 Å². The number of nitrogens with zero attached hydrogens (tertiary/aromatic N) is 4. The Morgan fingerprint density at radius 3 is 2.62 bits per heavy atom. The zero-order valence-electron chi connectivity index (χ0n) is 15.1. The molecule has 0 atom stereocenters. The van der Waals surface area contributed by atoms with Crippen LogP contribution in [0.3, 0.4) is 0 Å². The first-order chi connectivity index (χ1) is 12.7. The lowest BCUT2D eigenvalue weighted by atomic mass is 10.2. The van der Waals surface area contributed by atoms with E-state index in [1.165, 1.54) is 11.8 Å².